The Labute approximate surface area is 119 Å². The molecule has 2 N–H and O–H groups in total. The van der Waals surface area contributed by atoms with Gasteiger partial charge in [-0.2, -0.15) is 0 Å². The fourth-order valence-electron chi connectivity index (χ4n) is 3.44. The molecular formula is C16H22N2O2. The van der Waals surface area contributed by atoms with E-state index >= 15 is 0 Å². The number of piperidine rings is 1. The fraction of sp³-hybridized carbons (Fsp3) is 0.562. The van der Waals surface area contributed by atoms with Gasteiger partial charge in [0.05, 0.1) is 5.92 Å². The van der Waals surface area contributed by atoms with E-state index in [1.807, 2.05) is 29.2 Å². The summed E-state index contributed by atoms with van der Waals surface area (Å²) in [6.45, 7) is 1.69. The van der Waals surface area contributed by atoms with Gasteiger partial charge in [-0.25, -0.2) is 0 Å². The number of likely N-dealkylation sites (tertiary alicyclic amines) is 1. The van der Waals surface area contributed by atoms with Crippen LogP contribution in [-0.2, 0) is 4.79 Å². The van der Waals surface area contributed by atoms with Crippen molar-refractivity contribution < 1.29 is 9.90 Å². The molecule has 0 radical (unpaired) electrons. The first-order valence-electron chi connectivity index (χ1n) is 7.55. The number of nitrogens with zero attached hydrogens (tertiary/aromatic N) is 1. The second kappa shape index (κ2) is 5.83. The first kappa shape index (κ1) is 13.4. The molecule has 2 heterocycles. The summed E-state index contributed by atoms with van der Waals surface area (Å²) in [5.41, 5.74) is 2.20. The van der Waals surface area contributed by atoms with Crippen LogP contribution in [0.1, 0.15) is 37.2 Å². The molecule has 0 spiro atoms. The highest BCUT2D eigenvalue weighted by atomic mass is 16.3. The van der Waals surface area contributed by atoms with Gasteiger partial charge in [-0.05, 0) is 37.3 Å². The molecule has 20 heavy (non-hydrogen) atoms. The number of benzene rings is 1. The van der Waals surface area contributed by atoms with Crippen LogP contribution in [0.25, 0.3) is 0 Å². The predicted octanol–water partition coefficient (Wildman–Crippen LogP) is 1.96. The Morgan fingerprint density at radius 3 is 3.05 bits per heavy atom. The third-order valence-corrected chi connectivity index (χ3v) is 4.50. The average molecular weight is 274 g/mol. The quantitative estimate of drug-likeness (QED) is 0.886. The Morgan fingerprint density at radius 1 is 1.35 bits per heavy atom. The standard InChI is InChI=1S/C16H22N2O2/c19-10-8-12-5-3-4-9-18(12)16(20)14-11-17-15-7-2-1-6-13(14)15/h1-2,6-7,12,14,17,19H,3-5,8-11H2. The Hall–Kier alpha value is -1.55. The van der Waals surface area contributed by atoms with Crippen LogP contribution < -0.4 is 5.32 Å². The highest BCUT2D eigenvalue weighted by Gasteiger charge is 2.35. The van der Waals surface area contributed by atoms with Gasteiger partial charge >= 0.3 is 0 Å². The first-order valence-corrected chi connectivity index (χ1v) is 7.55. The lowest BCUT2D eigenvalue weighted by Crippen LogP contribution is -2.46. The molecule has 2 aliphatic rings. The summed E-state index contributed by atoms with van der Waals surface area (Å²) in [6, 6.07) is 8.28. The van der Waals surface area contributed by atoms with Gasteiger partial charge in [0, 0.05) is 31.4 Å². The van der Waals surface area contributed by atoms with E-state index in [4.69, 9.17) is 0 Å². The molecule has 1 aromatic rings. The van der Waals surface area contributed by atoms with E-state index in [0.717, 1.165) is 37.1 Å². The van der Waals surface area contributed by atoms with Crippen molar-refractivity contribution in [3.8, 4) is 0 Å². The van der Waals surface area contributed by atoms with Crippen LogP contribution in [0.2, 0.25) is 0 Å². The maximum absolute atomic E-state index is 12.9. The van der Waals surface area contributed by atoms with Crippen LogP contribution in [0.5, 0.6) is 0 Å². The maximum Gasteiger partial charge on any atom is 0.232 e. The fourth-order valence-corrected chi connectivity index (χ4v) is 3.44. The van der Waals surface area contributed by atoms with Crippen LogP contribution in [0.15, 0.2) is 24.3 Å². The second-order valence-corrected chi connectivity index (χ2v) is 5.71. The van der Waals surface area contributed by atoms with Crippen LogP contribution in [0, 0.1) is 0 Å². The molecule has 4 nitrogen and oxygen atoms in total. The van der Waals surface area contributed by atoms with Gasteiger partial charge in [-0.3, -0.25) is 4.79 Å². The highest BCUT2D eigenvalue weighted by Crippen LogP contribution is 2.34. The zero-order valence-corrected chi connectivity index (χ0v) is 11.7. The summed E-state index contributed by atoms with van der Waals surface area (Å²) in [6.07, 6.45) is 3.96. The van der Waals surface area contributed by atoms with Gasteiger partial charge in [0.25, 0.3) is 0 Å². The molecule has 1 amide bonds. The van der Waals surface area contributed by atoms with Gasteiger partial charge in [0.2, 0.25) is 5.91 Å². The highest BCUT2D eigenvalue weighted by molar-refractivity contribution is 5.88. The minimum absolute atomic E-state index is 0.0644. The Bertz CT molecular complexity index is 487. The Morgan fingerprint density at radius 2 is 2.20 bits per heavy atom. The number of aliphatic hydroxyl groups excluding tert-OH is 1. The molecular weight excluding hydrogens is 252 g/mol. The number of carbonyl (C=O) groups is 1. The molecule has 0 bridgehead atoms. The predicted molar refractivity (Wildman–Crippen MR) is 78.7 cm³/mol. The summed E-state index contributed by atoms with van der Waals surface area (Å²) >= 11 is 0. The smallest absolute Gasteiger partial charge is 0.232 e. The SMILES string of the molecule is O=C(C1CNc2ccccc21)N1CCCCC1CCO. The lowest BCUT2D eigenvalue weighted by atomic mass is 9.94. The Kier molecular flexibility index (Phi) is 3.92. The van der Waals surface area contributed by atoms with E-state index < -0.39 is 0 Å². The molecule has 4 heteroatoms. The molecule has 3 rings (SSSR count). The normalized spacial score (nSPS) is 25.1. The number of para-hydroxylation sites is 1. The van der Waals surface area contributed by atoms with Gasteiger partial charge in [-0.15, -0.1) is 0 Å². The average Bonchev–Trinajstić information content (AvgIpc) is 2.91. The molecule has 1 aromatic carbocycles. The first-order chi connectivity index (χ1) is 9.81. The summed E-state index contributed by atoms with van der Waals surface area (Å²) in [5, 5.41) is 12.5. The topological polar surface area (TPSA) is 52.6 Å². The summed E-state index contributed by atoms with van der Waals surface area (Å²) < 4.78 is 0. The van der Waals surface area contributed by atoms with Crippen LogP contribution in [0.3, 0.4) is 0 Å². The number of anilines is 1. The largest absolute Gasteiger partial charge is 0.396 e. The van der Waals surface area contributed by atoms with Crippen molar-refractivity contribution in [3.63, 3.8) is 0 Å². The van der Waals surface area contributed by atoms with Gasteiger partial charge in [-0.1, -0.05) is 18.2 Å². The van der Waals surface area contributed by atoms with Crippen molar-refractivity contribution in [2.45, 2.75) is 37.6 Å². The number of rotatable bonds is 3. The third-order valence-electron chi connectivity index (χ3n) is 4.50. The molecule has 2 aliphatic heterocycles. The monoisotopic (exact) mass is 274 g/mol. The summed E-state index contributed by atoms with van der Waals surface area (Å²) in [5.74, 6) is 0.158. The van der Waals surface area contributed by atoms with Gasteiger partial charge in [0.15, 0.2) is 0 Å². The minimum atomic E-state index is -0.0644. The molecule has 2 atom stereocenters. The number of fused-ring (bicyclic) bond motifs is 1. The van der Waals surface area contributed by atoms with E-state index in [9.17, 15) is 9.90 Å². The van der Waals surface area contributed by atoms with Crippen molar-refractivity contribution in [3.05, 3.63) is 29.8 Å². The molecule has 0 saturated carbocycles. The second-order valence-electron chi connectivity index (χ2n) is 5.71. The molecule has 2 unspecified atom stereocenters. The van der Waals surface area contributed by atoms with Crippen LogP contribution >= 0.6 is 0 Å². The van der Waals surface area contributed by atoms with Crippen molar-refractivity contribution in [1.82, 2.24) is 4.90 Å². The van der Waals surface area contributed by atoms with Crippen molar-refractivity contribution in [1.29, 1.82) is 0 Å². The number of nitrogens with one attached hydrogen (secondary N) is 1. The maximum atomic E-state index is 12.9. The molecule has 0 aromatic heterocycles. The Balaban J connectivity index is 1.78. The van der Waals surface area contributed by atoms with E-state index in [0.29, 0.717) is 13.0 Å². The number of amides is 1. The van der Waals surface area contributed by atoms with E-state index in [2.05, 4.69) is 5.32 Å². The van der Waals surface area contributed by atoms with E-state index in [1.54, 1.807) is 0 Å². The summed E-state index contributed by atoms with van der Waals surface area (Å²) in [7, 11) is 0. The van der Waals surface area contributed by atoms with Crippen LogP contribution in [0.4, 0.5) is 5.69 Å². The number of hydrogen-bond acceptors (Lipinski definition) is 3. The van der Waals surface area contributed by atoms with Crippen molar-refractivity contribution in [2.24, 2.45) is 0 Å². The van der Waals surface area contributed by atoms with E-state index in [-0.39, 0.29) is 24.5 Å². The lowest BCUT2D eigenvalue weighted by molar-refractivity contribution is -0.136. The lowest BCUT2D eigenvalue weighted by Gasteiger charge is -2.37. The molecule has 108 valence electrons. The van der Waals surface area contributed by atoms with Crippen molar-refractivity contribution >= 4 is 11.6 Å². The summed E-state index contributed by atoms with van der Waals surface area (Å²) in [4.78, 5) is 14.9. The number of hydrogen-bond donors (Lipinski definition) is 2. The van der Waals surface area contributed by atoms with E-state index in [1.165, 1.54) is 0 Å². The third kappa shape index (κ3) is 2.40. The zero-order valence-electron chi connectivity index (χ0n) is 11.7. The zero-order chi connectivity index (χ0) is 13.9. The van der Waals surface area contributed by atoms with Crippen LogP contribution in [-0.4, -0.2) is 41.7 Å². The van der Waals surface area contributed by atoms with Gasteiger partial charge in [0.1, 0.15) is 0 Å². The number of aliphatic hydroxyl groups is 1. The molecule has 0 aliphatic carbocycles. The molecule has 1 saturated heterocycles. The van der Waals surface area contributed by atoms with Gasteiger partial charge < -0.3 is 15.3 Å². The minimum Gasteiger partial charge on any atom is -0.396 e. The number of carbonyl (C=O) groups excluding carboxylic acids is 1. The molecule has 1 fully saturated rings. The van der Waals surface area contributed by atoms with Crippen molar-refractivity contribution in [2.75, 3.05) is 25.0 Å².